The molecule has 0 aliphatic carbocycles. The molecule has 1 fully saturated rings. The Labute approximate surface area is 139 Å². The lowest BCUT2D eigenvalue weighted by Crippen LogP contribution is -2.41. The molecule has 1 aromatic carbocycles. The van der Waals surface area contributed by atoms with E-state index in [-0.39, 0.29) is 17.4 Å². The monoisotopic (exact) mass is 333 g/mol. The van der Waals surface area contributed by atoms with Gasteiger partial charge in [-0.3, -0.25) is 9.59 Å². The van der Waals surface area contributed by atoms with Crippen LogP contribution < -0.4 is 10.9 Å². The highest BCUT2D eigenvalue weighted by Gasteiger charge is 2.30. The van der Waals surface area contributed by atoms with Gasteiger partial charge in [-0.05, 0) is 49.5 Å². The van der Waals surface area contributed by atoms with Gasteiger partial charge in [0.25, 0.3) is 5.56 Å². The van der Waals surface area contributed by atoms with Gasteiger partial charge in [0.1, 0.15) is 0 Å². The molecule has 0 bridgehead atoms. The molecule has 2 atom stereocenters. The number of fused-ring (bicyclic) bond motifs is 1. The number of amides is 1. The molecule has 1 amide bonds. The third-order valence-corrected chi connectivity index (χ3v) is 4.88. The van der Waals surface area contributed by atoms with Gasteiger partial charge in [0.05, 0.1) is 10.7 Å². The highest BCUT2D eigenvalue weighted by Crippen LogP contribution is 2.29. The van der Waals surface area contributed by atoms with E-state index in [9.17, 15) is 9.59 Å². The van der Waals surface area contributed by atoms with Gasteiger partial charge in [-0.2, -0.15) is 0 Å². The van der Waals surface area contributed by atoms with E-state index >= 15 is 0 Å². The van der Waals surface area contributed by atoms with E-state index < -0.39 is 0 Å². The van der Waals surface area contributed by atoms with E-state index in [1.807, 2.05) is 0 Å². The number of carbonyl (C=O) groups is 1. The smallest absolute Gasteiger partial charge is 0.255 e. The van der Waals surface area contributed by atoms with Crippen molar-refractivity contribution in [2.45, 2.75) is 13.3 Å². The number of pyridine rings is 1. The highest BCUT2D eigenvalue weighted by atomic mass is 35.5. The summed E-state index contributed by atoms with van der Waals surface area (Å²) < 4.78 is 0. The van der Waals surface area contributed by atoms with Crippen molar-refractivity contribution in [1.29, 1.82) is 0 Å². The number of nitrogens with one attached hydrogen (secondary N) is 2. The minimum Gasteiger partial charge on any atom is -0.329 e. The predicted molar refractivity (Wildman–Crippen MR) is 93.0 cm³/mol. The van der Waals surface area contributed by atoms with Crippen LogP contribution in [0.5, 0.6) is 0 Å². The van der Waals surface area contributed by atoms with Crippen LogP contribution in [0.15, 0.2) is 29.2 Å². The first-order valence-corrected chi connectivity index (χ1v) is 8.14. The van der Waals surface area contributed by atoms with Crippen LogP contribution >= 0.6 is 11.6 Å². The van der Waals surface area contributed by atoms with E-state index in [0.29, 0.717) is 22.0 Å². The second-order valence-corrected chi connectivity index (χ2v) is 6.76. The van der Waals surface area contributed by atoms with Gasteiger partial charge in [0.2, 0.25) is 5.91 Å². The minimum absolute atomic E-state index is 0.00306. The molecule has 3 rings (SSSR count). The third kappa shape index (κ3) is 3.26. The normalized spacial score (nSPS) is 22.2. The Kier molecular flexibility index (Phi) is 4.41. The molecule has 2 heterocycles. The number of anilines is 1. The molecule has 2 aromatic rings. The number of aromatic amines is 1. The second-order valence-electron chi connectivity index (χ2n) is 6.35. The summed E-state index contributed by atoms with van der Waals surface area (Å²) in [5.41, 5.74) is 0.368. The van der Waals surface area contributed by atoms with Crippen molar-refractivity contribution >= 4 is 34.0 Å². The van der Waals surface area contributed by atoms with Gasteiger partial charge in [-0.1, -0.05) is 18.5 Å². The fourth-order valence-corrected chi connectivity index (χ4v) is 3.49. The summed E-state index contributed by atoms with van der Waals surface area (Å²) in [4.78, 5) is 29.2. The van der Waals surface area contributed by atoms with Crippen molar-refractivity contribution in [3.8, 4) is 0 Å². The first kappa shape index (κ1) is 16.0. The van der Waals surface area contributed by atoms with Crippen molar-refractivity contribution in [2.24, 2.45) is 11.8 Å². The van der Waals surface area contributed by atoms with E-state index in [1.54, 1.807) is 24.4 Å². The summed E-state index contributed by atoms with van der Waals surface area (Å²) in [7, 11) is 2.07. The molecule has 2 N–H and O–H groups in total. The number of likely N-dealkylation sites (tertiary alicyclic amines) is 1. The number of hydrogen-bond donors (Lipinski definition) is 2. The molecule has 5 nitrogen and oxygen atoms in total. The zero-order valence-electron chi connectivity index (χ0n) is 13.2. The number of hydrogen-bond acceptors (Lipinski definition) is 3. The topological polar surface area (TPSA) is 65.2 Å². The second kappa shape index (κ2) is 6.34. The summed E-state index contributed by atoms with van der Waals surface area (Å²) in [5.74, 6) is 0.282. The Morgan fingerprint density at radius 2 is 2.22 bits per heavy atom. The summed E-state index contributed by atoms with van der Waals surface area (Å²) in [6.45, 7) is 3.93. The molecule has 6 heteroatoms. The first-order valence-electron chi connectivity index (χ1n) is 7.76. The number of rotatable bonds is 2. The molecule has 0 unspecified atom stereocenters. The number of aromatic nitrogens is 1. The molecule has 1 aliphatic rings. The Morgan fingerprint density at radius 3 is 2.96 bits per heavy atom. The van der Waals surface area contributed by atoms with Crippen LogP contribution in [0.1, 0.15) is 13.3 Å². The van der Waals surface area contributed by atoms with Crippen molar-refractivity contribution in [1.82, 2.24) is 9.88 Å². The maximum absolute atomic E-state index is 12.6. The van der Waals surface area contributed by atoms with Gasteiger partial charge < -0.3 is 15.2 Å². The molecule has 0 radical (unpaired) electrons. The van der Waals surface area contributed by atoms with Gasteiger partial charge in [0.15, 0.2) is 0 Å². The molecular formula is C17H20ClN3O2. The van der Waals surface area contributed by atoms with E-state index in [1.165, 1.54) is 0 Å². The first-order chi connectivity index (χ1) is 11.0. The third-order valence-electron chi connectivity index (χ3n) is 4.56. The van der Waals surface area contributed by atoms with Crippen LogP contribution in [0.3, 0.4) is 0 Å². The number of benzene rings is 1. The Hall–Kier alpha value is -1.85. The molecule has 122 valence electrons. The fraction of sp³-hybridized carbons (Fsp3) is 0.412. The number of halogens is 1. The number of piperidine rings is 1. The van der Waals surface area contributed by atoms with Gasteiger partial charge in [-0.25, -0.2) is 0 Å². The largest absolute Gasteiger partial charge is 0.329 e. The van der Waals surface area contributed by atoms with Crippen molar-refractivity contribution < 1.29 is 4.79 Å². The van der Waals surface area contributed by atoms with Gasteiger partial charge >= 0.3 is 0 Å². The Balaban J connectivity index is 1.85. The van der Waals surface area contributed by atoms with Gasteiger partial charge in [0, 0.05) is 24.0 Å². The van der Waals surface area contributed by atoms with Crippen LogP contribution in [0.25, 0.3) is 10.8 Å². The molecule has 1 aromatic heterocycles. The van der Waals surface area contributed by atoms with Crippen LogP contribution in [-0.2, 0) is 4.79 Å². The zero-order valence-corrected chi connectivity index (χ0v) is 14.0. The molecule has 1 aliphatic heterocycles. The van der Waals surface area contributed by atoms with Crippen LogP contribution in [0.2, 0.25) is 5.02 Å². The molecular weight excluding hydrogens is 314 g/mol. The lowest BCUT2D eigenvalue weighted by molar-refractivity contribution is -0.122. The van der Waals surface area contributed by atoms with E-state index in [4.69, 9.17) is 11.6 Å². The minimum atomic E-state index is -0.189. The van der Waals surface area contributed by atoms with Crippen LogP contribution in [-0.4, -0.2) is 35.9 Å². The van der Waals surface area contributed by atoms with Crippen molar-refractivity contribution in [3.05, 3.63) is 39.8 Å². The number of H-pyrrole nitrogens is 1. The molecule has 23 heavy (non-hydrogen) atoms. The van der Waals surface area contributed by atoms with Crippen LogP contribution in [0.4, 0.5) is 5.69 Å². The quantitative estimate of drug-likeness (QED) is 0.888. The SMILES string of the molecule is C[C@H]1CN(C)CC[C@@H]1C(=O)Nc1cc2cc[nH]c(=O)c2cc1Cl. The summed E-state index contributed by atoms with van der Waals surface area (Å²) in [6.07, 6.45) is 2.43. The summed E-state index contributed by atoms with van der Waals surface area (Å²) >= 11 is 6.24. The predicted octanol–water partition coefficient (Wildman–Crippen LogP) is 2.71. The van der Waals surface area contributed by atoms with Crippen molar-refractivity contribution in [2.75, 3.05) is 25.5 Å². The number of carbonyl (C=O) groups excluding carboxylic acids is 1. The zero-order chi connectivity index (χ0) is 16.6. The lowest BCUT2D eigenvalue weighted by Gasteiger charge is -2.33. The highest BCUT2D eigenvalue weighted by molar-refractivity contribution is 6.34. The van der Waals surface area contributed by atoms with E-state index in [0.717, 1.165) is 24.9 Å². The summed E-state index contributed by atoms with van der Waals surface area (Å²) in [5, 5.41) is 4.58. The maximum atomic E-state index is 12.6. The molecule has 0 spiro atoms. The Morgan fingerprint density at radius 1 is 1.43 bits per heavy atom. The molecule has 0 saturated carbocycles. The fourth-order valence-electron chi connectivity index (χ4n) is 3.27. The Bertz CT molecular complexity index is 802. The maximum Gasteiger partial charge on any atom is 0.255 e. The van der Waals surface area contributed by atoms with E-state index in [2.05, 4.69) is 29.2 Å². The lowest BCUT2D eigenvalue weighted by atomic mass is 9.86. The average molecular weight is 334 g/mol. The summed E-state index contributed by atoms with van der Waals surface area (Å²) in [6, 6.07) is 5.15. The number of nitrogens with zero attached hydrogens (tertiary/aromatic N) is 1. The molecule has 1 saturated heterocycles. The average Bonchev–Trinajstić information content (AvgIpc) is 2.49. The van der Waals surface area contributed by atoms with Crippen LogP contribution in [0, 0.1) is 11.8 Å². The standard InChI is InChI=1S/C17H20ClN3O2/c1-10-9-21(2)6-4-12(10)17(23)20-15-7-11-3-5-19-16(22)13(11)8-14(15)18/h3,5,7-8,10,12H,4,6,9H2,1-2H3,(H,19,22)(H,20,23)/t10-,12-/m0/s1. The van der Waals surface area contributed by atoms with Gasteiger partial charge in [-0.15, -0.1) is 0 Å². The van der Waals surface area contributed by atoms with Crippen molar-refractivity contribution in [3.63, 3.8) is 0 Å².